The first-order valence-electron chi connectivity index (χ1n) is 6.41. The van der Waals surface area contributed by atoms with Crippen LogP contribution in [-0.4, -0.2) is 14.3 Å². The van der Waals surface area contributed by atoms with Crippen LogP contribution in [0.5, 0.6) is 0 Å². The van der Waals surface area contributed by atoms with Gasteiger partial charge in [0.2, 0.25) is 5.13 Å². The van der Waals surface area contributed by atoms with E-state index in [1.165, 1.54) is 16.4 Å². The van der Waals surface area contributed by atoms with E-state index in [1.54, 1.807) is 11.3 Å². The summed E-state index contributed by atoms with van der Waals surface area (Å²) in [4.78, 5) is 10.2. The second kappa shape index (κ2) is 6.11. The molecular weight excluding hydrogens is 288 g/mol. The van der Waals surface area contributed by atoms with Crippen LogP contribution in [0.15, 0.2) is 36.5 Å². The van der Waals surface area contributed by atoms with E-state index in [0.717, 1.165) is 27.9 Å². The topological polar surface area (TPSA) is 50.7 Å². The average Bonchev–Trinajstić information content (AvgIpc) is 3.15. The SMILES string of the molecule is CCc1cnc(CNc2nc(-c3ccccc3)ns2)s1. The Labute approximate surface area is 125 Å². The first-order chi connectivity index (χ1) is 9.85. The summed E-state index contributed by atoms with van der Waals surface area (Å²) in [5, 5.41) is 5.19. The quantitative estimate of drug-likeness (QED) is 0.778. The first kappa shape index (κ1) is 13.2. The zero-order valence-electron chi connectivity index (χ0n) is 11.0. The summed E-state index contributed by atoms with van der Waals surface area (Å²) in [5.74, 6) is 0.770. The lowest BCUT2D eigenvalue weighted by Crippen LogP contribution is -1.97. The molecule has 0 unspecified atom stereocenters. The molecule has 20 heavy (non-hydrogen) atoms. The second-order valence-electron chi connectivity index (χ2n) is 4.22. The molecule has 0 saturated heterocycles. The molecule has 3 aromatic rings. The summed E-state index contributed by atoms with van der Waals surface area (Å²) < 4.78 is 4.37. The minimum Gasteiger partial charge on any atom is -0.354 e. The molecule has 6 heteroatoms. The summed E-state index contributed by atoms with van der Waals surface area (Å²) in [7, 11) is 0. The number of aryl methyl sites for hydroxylation is 1. The van der Waals surface area contributed by atoms with E-state index >= 15 is 0 Å². The Morgan fingerprint density at radius 2 is 2.05 bits per heavy atom. The van der Waals surface area contributed by atoms with Crippen LogP contribution in [0.2, 0.25) is 0 Å². The number of rotatable bonds is 5. The molecule has 2 aromatic heterocycles. The van der Waals surface area contributed by atoms with E-state index in [-0.39, 0.29) is 0 Å². The third kappa shape index (κ3) is 3.02. The van der Waals surface area contributed by atoms with Crippen LogP contribution in [-0.2, 0) is 13.0 Å². The molecule has 0 spiro atoms. The van der Waals surface area contributed by atoms with Crippen molar-refractivity contribution in [1.29, 1.82) is 0 Å². The van der Waals surface area contributed by atoms with Crippen molar-refractivity contribution < 1.29 is 0 Å². The van der Waals surface area contributed by atoms with Gasteiger partial charge in [0.15, 0.2) is 5.82 Å². The van der Waals surface area contributed by atoms with Crippen LogP contribution in [0.1, 0.15) is 16.8 Å². The molecule has 0 radical (unpaired) electrons. The fraction of sp³-hybridized carbons (Fsp3) is 0.214. The minimum absolute atomic E-state index is 0.702. The smallest absolute Gasteiger partial charge is 0.203 e. The molecular formula is C14H14N4S2. The fourth-order valence-electron chi connectivity index (χ4n) is 1.74. The Morgan fingerprint density at radius 3 is 2.80 bits per heavy atom. The number of aromatic nitrogens is 3. The third-order valence-corrected chi connectivity index (χ3v) is 4.61. The third-order valence-electron chi connectivity index (χ3n) is 2.80. The van der Waals surface area contributed by atoms with Crippen LogP contribution in [0.3, 0.4) is 0 Å². The van der Waals surface area contributed by atoms with Gasteiger partial charge in [0.25, 0.3) is 0 Å². The molecule has 0 aliphatic heterocycles. The highest BCUT2D eigenvalue weighted by Gasteiger charge is 2.07. The summed E-state index contributed by atoms with van der Waals surface area (Å²) in [6.45, 7) is 2.84. The van der Waals surface area contributed by atoms with Crippen LogP contribution in [0.25, 0.3) is 11.4 Å². The zero-order valence-corrected chi connectivity index (χ0v) is 12.7. The summed E-state index contributed by atoms with van der Waals surface area (Å²) >= 11 is 3.12. The minimum atomic E-state index is 0.702. The van der Waals surface area contributed by atoms with Gasteiger partial charge >= 0.3 is 0 Å². The van der Waals surface area contributed by atoms with Gasteiger partial charge in [-0.2, -0.15) is 9.36 Å². The van der Waals surface area contributed by atoms with Gasteiger partial charge in [0, 0.05) is 28.2 Å². The number of nitrogens with zero attached hydrogens (tertiary/aromatic N) is 3. The molecule has 102 valence electrons. The second-order valence-corrected chi connectivity index (χ2v) is 6.17. The number of anilines is 1. The van der Waals surface area contributed by atoms with Crippen molar-refractivity contribution in [2.24, 2.45) is 0 Å². The highest BCUT2D eigenvalue weighted by molar-refractivity contribution is 7.11. The molecule has 0 aliphatic rings. The number of thiazole rings is 1. The van der Waals surface area contributed by atoms with E-state index in [1.807, 2.05) is 36.5 Å². The van der Waals surface area contributed by atoms with Crippen molar-refractivity contribution in [3.8, 4) is 11.4 Å². The standard InChI is InChI=1S/C14H14N4S2/c1-2-11-8-15-12(19-11)9-16-14-17-13(18-20-14)10-6-4-3-5-7-10/h3-8H,2,9H2,1H3,(H,16,17,18). The highest BCUT2D eigenvalue weighted by Crippen LogP contribution is 2.21. The molecule has 0 fully saturated rings. The Balaban J connectivity index is 1.65. The lowest BCUT2D eigenvalue weighted by molar-refractivity contribution is 1.09. The molecule has 1 N–H and O–H groups in total. The molecule has 0 saturated carbocycles. The van der Waals surface area contributed by atoms with E-state index in [9.17, 15) is 0 Å². The Kier molecular flexibility index (Phi) is 4.03. The maximum Gasteiger partial charge on any atom is 0.203 e. The molecule has 4 nitrogen and oxygen atoms in total. The molecule has 0 atom stereocenters. The van der Waals surface area contributed by atoms with Gasteiger partial charge in [-0.1, -0.05) is 37.3 Å². The number of hydrogen-bond acceptors (Lipinski definition) is 6. The number of benzene rings is 1. The molecule has 0 bridgehead atoms. The first-order valence-corrected chi connectivity index (χ1v) is 8.00. The Hall–Kier alpha value is -1.79. The lowest BCUT2D eigenvalue weighted by atomic mass is 10.2. The van der Waals surface area contributed by atoms with E-state index in [0.29, 0.717) is 6.54 Å². The number of nitrogens with one attached hydrogen (secondary N) is 1. The van der Waals surface area contributed by atoms with Gasteiger partial charge in [0.05, 0.1) is 6.54 Å². The molecule has 1 aromatic carbocycles. The number of hydrogen-bond donors (Lipinski definition) is 1. The van der Waals surface area contributed by atoms with Gasteiger partial charge in [-0.25, -0.2) is 4.98 Å². The summed E-state index contributed by atoms with van der Waals surface area (Å²) in [5.41, 5.74) is 1.04. The molecule has 2 heterocycles. The predicted molar refractivity (Wildman–Crippen MR) is 84.2 cm³/mol. The largest absolute Gasteiger partial charge is 0.354 e. The van der Waals surface area contributed by atoms with Crippen molar-refractivity contribution in [3.63, 3.8) is 0 Å². The van der Waals surface area contributed by atoms with Gasteiger partial charge in [-0.15, -0.1) is 11.3 Å². The average molecular weight is 302 g/mol. The van der Waals surface area contributed by atoms with Crippen LogP contribution in [0, 0.1) is 0 Å². The lowest BCUT2D eigenvalue weighted by Gasteiger charge is -1.97. The Bertz CT molecular complexity index is 675. The zero-order chi connectivity index (χ0) is 13.8. The highest BCUT2D eigenvalue weighted by atomic mass is 32.1. The van der Waals surface area contributed by atoms with Crippen LogP contribution < -0.4 is 5.32 Å². The summed E-state index contributed by atoms with van der Waals surface area (Å²) in [6, 6.07) is 10.00. The van der Waals surface area contributed by atoms with Crippen molar-refractivity contribution in [1.82, 2.24) is 14.3 Å². The monoisotopic (exact) mass is 302 g/mol. The molecule has 0 amide bonds. The van der Waals surface area contributed by atoms with Crippen molar-refractivity contribution in [2.45, 2.75) is 19.9 Å². The molecule has 0 aliphatic carbocycles. The normalized spacial score (nSPS) is 10.7. The van der Waals surface area contributed by atoms with E-state index < -0.39 is 0 Å². The molecule has 3 rings (SSSR count). The summed E-state index contributed by atoms with van der Waals surface area (Å²) in [6.07, 6.45) is 2.98. The van der Waals surface area contributed by atoms with E-state index in [4.69, 9.17) is 0 Å². The van der Waals surface area contributed by atoms with Gasteiger partial charge in [-0.3, -0.25) is 0 Å². The van der Waals surface area contributed by atoms with Gasteiger partial charge in [-0.05, 0) is 6.42 Å². The fourth-order valence-corrected chi connectivity index (χ4v) is 3.13. The Morgan fingerprint density at radius 1 is 1.20 bits per heavy atom. The van der Waals surface area contributed by atoms with Gasteiger partial charge in [0.1, 0.15) is 5.01 Å². The van der Waals surface area contributed by atoms with Crippen molar-refractivity contribution in [2.75, 3.05) is 5.32 Å². The van der Waals surface area contributed by atoms with Crippen molar-refractivity contribution >= 4 is 28.0 Å². The van der Waals surface area contributed by atoms with Crippen molar-refractivity contribution in [3.05, 3.63) is 46.4 Å². The maximum absolute atomic E-state index is 4.50. The van der Waals surface area contributed by atoms with Crippen LogP contribution >= 0.6 is 22.9 Å². The van der Waals surface area contributed by atoms with E-state index in [2.05, 4.69) is 26.6 Å². The maximum atomic E-state index is 4.50. The van der Waals surface area contributed by atoms with Gasteiger partial charge < -0.3 is 5.32 Å². The van der Waals surface area contributed by atoms with Crippen LogP contribution in [0.4, 0.5) is 5.13 Å². The predicted octanol–water partition coefficient (Wildman–Crippen LogP) is 3.84.